The summed E-state index contributed by atoms with van der Waals surface area (Å²) < 4.78 is 0. The van der Waals surface area contributed by atoms with E-state index < -0.39 is 0 Å². The summed E-state index contributed by atoms with van der Waals surface area (Å²) in [5.41, 5.74) is 6.61. The van der Waals surface area contributed by atoms with Gasteiger partial charge in [-0.3, -0.25) is 0 Å². The van der Waals surface area contributed by atoms with E-state index >= 15 is 0 Å². The highest BCUT2D eigenvalue weighted by molar-refractivity contribution is 5.34. The highest BCUT2D eigenvalue weighted by atomic mass is 14.6. The van der Waals surface area contributed by atoms with Gasteiger partial charge in [-0.2, -0.15) is 0 Å². The lowest BCUT2D eigenvalue weighted by atomic mass is 9.48. The van der Waals surface area contributed by atoms with E-state index in [1.165, 1.54) is 82.6 Å². The third kappa shape index (κ3) is 4.24. The Labute approximate surface area is 194 Å². The van der Waals surface area contributed by atoms with Gasteiger partial charge in [0.25, 0.3) is 0 Å². The zero-order valence-electron chi connectivity index (χ0n) is 22.0. The van der Waals surface area contributed by atoms with E-state index in [4.69, 9.17) is 0 Å². The Kier molecular flexibility index (Phi) is 6.88. The normalized spacial score (nSPS) is 40.9. The molecule has 2 saturated carbocycles. The minimum Gasteiger partial charge on any atom is -0.0859 e. The number of rotatable bonds is 6. The zero-order valence-corrected chi connectivity index (χ0v) is 22.0. The second-order valence-electron chi connectivity index (χ2n) is 13.4. The van der Waals surface area contributed by atoms with Gasteiger partial charge in [-0.05, 0) is 124 Å². The van der Waals surface area contributed by atoms with Gasteiger partial charge in [0.2, 0.25) is 0 Å². The maximum Gasteiger partial charge on any atom is -0.00826 e. The molecule has 7 atom stereocenters. The molecule has 0 aliphatic heterocycles. The van der Waals surface area contributed by atoms with E-state index in [0.717, 1.165) is 35.5 Å². The molecule has 2 fully saturated rings. The molecule has 0 heteroatoms. The van der Waals surface area contributed by atoms with Gasteiger partial charge in [0.15, 0.2) is 0 Å². The van der Waals surface area contributed by atoms with Crippen molar-refractivity contribution in [1.82, 2.24) is 0 Å². The van der Waals surface area contributed by atoms with Crippen molar-refractivity contribution in [3.8, 4) is 0 Å². The number of fused-ring (bicyclic) bond motifs is 4. The smallest absolute Gasteiger partial charge is 0.00826 e. The maximum absolute atomic E-state index is 2.72. The zero-order chi connectivity index (χ0) is 22.4. The number of hydrogen-bond donors (Lipinski definition) is 0. The summed E-state index contributed by atoms with van der Waals surface area (Å²) >= 11 is 0. The van der Waals surface area contributed by atoms with Gasteiger partial charge in [0.05, 0.1) is 0 Å². The Morgan fingerprint density at radius 1 is 1.00 bits per heavy atom. The lowest BCUT2D eigenvalue weighted by Crippen LogP contribution is -2.46. The fraction of sp³-hybridized carbons (Fsp3) is 0.871. The minimum atomic E-state index is 0.542. The van der Waals surface area contributed by atoms with Crippen molar-refractivity contribution in [3.63, 3.8) is 0 Å². The van der Waals surface area contributed by atoms with E-state index in [2.05, 4.69) is 54.5 Å². The second kappa shape index (κ2) is 9.02. The molecule has 0 N–H and O–H groups in total. The van der Waals surface area contributed by atoms with Crippen molar-refractivity contribution in [2.24, 2.45) is 46.3 Å². The molecule has 4 aliphatic carbocycles. The molecule has 0 amide bonds. The van der Waals surface area contributed by atoms with E-state index in [0.29, 0.717) is 10.8 Å². The monoisotopic (exact) mass is 424 g/mol. The molecule has 176 valence electrons. The van der Waals surface area contributed by atoms with E-state index in [-0.39, 0.29) is 0 Å². The quantitative estimate of drug-likeness (QED) is 0.372. The third-order valence-corrected chi connectivity index (χ3v) is 10.8. The molecule has 31 heavy (non-hydrogen) atoms. The van der Waals surface area contributed by atoms with Crippen LogP contribution in [-0.2, 0) is 0 Å². The molecule has 0 heterocycles. The van der Waals surface area contributed by atoms with Crippen LogP contribution in [0.25, 0.3) is 0 Å². The Bertz CT molecular complexity index is 704. The first-order chi connectivity index (χ1) is 14.7. The van der Waals surface area contributed by atoms with Crippen molar-refractivity contribution in [3.05, 3.63) is 22.8 Å². The van der Waals surface area contributed by atoms with Crippen LogP contribution in [0.5, 0.6) is 0 Å². The SMILES string of the molecule is CC(C)=CCC[C@@H](C)[C@H]1CC[C@H]2C3=C(CC[C@]12C)[C@@]1(C)CCCC(CC(C)C)C1CC3. The van der Waals surface area contributed by atoms with Gasteiger partial charge in [-0.15, -0.1) is 0 Å². The fourth-order valence-electron chi connectivity index (χ4n) is 9.48. The van der Waals surface area contributed by atoms with Crippen LogP contribution in [0.4, 0.5) is 0 Å². The summed E-state index contributed by atoms with van der Waals surface area (Å²) in [6.45, 7) is 17.4. The summed E-state index contributed by atoms with van der Waals surface area (Å²) in [6, 6.07) is 0. The van der Waals surface area contributed by atoms with Crippen LogP contribution >= 0.6 is 0 Å². The van der Waals surface area contributed by atoms with Crippen LogP contribution in [0, 0.1) is 46.3 Å². The lowest BCUT2D eigenvalue weighted by molar-refractivity contribution is 0.0317. The lowest BCUT2D eigenvalue weighted by Gasteiger charge is -2.56. The first-order valence-electron chi connectivity index (χ1n) is 14.0. The first kappa shape index (κ1) is 23.6. The van der Waals surface area contributed by atoms with Gasteiger partial charge in [0, 0.05) is 0 Å². The summed E-state index contributed by atoms with van der Waals surface area (Å²) in [7, 11) is 0. The Morgan fingerprint density at radius 2 is 1.77 bits per heavy atom. The summed E-state index contributed by atoms with van der Waals surface area (Å²) in [6.07, 6.45) is 19.9. The van der Waals surface area contributed by atoms with Crippen LogP contribution in [0.3, 0.4) is 0 Å². The Morgan fingerprint density at radius 3 is 2.48 bits per heavy atom. The molecule has 0 nitrogen and oxygen atoms in total. The number of hydrogen-bond acceptors (Lipinski definition) is 0. The molecule has 0 radical (unpaired) electrons. The fourth-order valence-corrected chi connectivity index (χ4v) is 9.48. The van der Waals surface area contributed by atoms with Crippen LogP contribution in [0.15, 0.2) is 22.8 Å². The molecule has 0 aromatic rings. The summed E-state index contributed by atoms with van der Waals surface area (Å²) in [5.74, 6) is 5.57. The Balaban J connectivity index is 1.55. The van der Waals surface area contributed by atoms with Crippen molar-refractivity contribution in [2.75, 3.05) is 0 Å². The molecule has 0 bridgehead atoms. The highest BCUT2D eigenvalue weighted by Crippen LogP contribution is 2.66. The molecule has 0 spiro atoms. The molecule has 0 saturated heterocycles. The second-order valence-corrected chi connectivity index (χ2v) is 13.4. The van der Waals surface area contributed by atoms with E-state index in [9.17, 15) is 0 Å². The van der Waals surface area contributed by atoms with Gasteiger partial charge in [-0.25, -0.2) is 0 Å². The Hall–Kier alpha value is -0.520. The molecular formula is C31H52. The summed E-state index contributed by atoms with van der Waals surface area (Å²) in [5, 5.41) is 0. The average Bonchev–Trinajstić information content (AvgIpc) is 3.04. The topological polar surface area (TPSA) is 0 Å². The van der Waals surface area contributed by atoms with Crippen molar-refractivity contribution >= 4 is 0 Å². The molecule has 4 rings (SSSR count). The van der Waals surface area contributed by atoms with Crippen molar-refractivity contribution in [2.45, 2.75) is 126 Å². The predicted octanol–water partition coefficient (Wildman–Crippen LogP) is 9.75. The van der Waals surface area contributed by atoms with Crippen LogP contribution in [-0.4, -0.2) is 0 Å². The highest BCUT2D eigenvalue weighted by Gasteiger charge is 2.56. The van der Waals surface area contributed by atoms with Crippen LogP contribution in [0.2, 0.25) is 0 Å². The number of allylic oxidation sites excluding steroid dienone is 4. The standard InChI is InChI=1S/C31H52/c1-21(2)10-8-11-23(5)26-15-16-28-25-13-14-27-24(20-22(3)4)12-9-18-30(27,6)29(25)17-19-31(26,28)7/h10,22-24,26-28H,8-9,11-20H2,1-7H3/t23-,24?,26-,27?,28+,30+,31-/m1/s1. The first-order valence-corrected chi connectivity index (χ1v) is 14.0. The maximum atomic E-state index is 2.72. The largest absolute Gasteiger partial charge is 0.0859 e. The van der Waals surface area contributed by atoms with E-state index in [1.807, 2.05) is 11.1 Å². The van der Waals surface area contributed by atoms with Gasteiger partial charge in [-0.1, -0.05) is 70.3 Å². The predicted molar refractivity (Wildman–Crippen MR) is 136 cm³/mol. The molecule has 4 aliphatic rings. The third-order valence-electron chi connectivity index (χ3n) is 10.8. The molecule has 2 unspecified atom stereocenters. The minimum absolute atomic E-state index is 0.542. The van der Waals surface area contributed by atoms with Crippen molar-refractivity contribution < 1.29 is 0 Å². The molecular weight excluding hydrogens is 372 g/mol. The average molecular weight is 425 g/mol. The van der Waals surface area contributed by atoms with E-state index in [1.54, 1.807) is 0 Å². The van der Waals surface area contributed by atoms with Gasteiger partial charge in [0.1, 0.15) is 0 Å². The van der Waals surface area contributed by atoms with Gasteiger partial charge >= 0.3 is 0 Å². The van der Waals surface area contributed by atoms with Gasteiger partial charge < -0.3 is 0 Å². The molecule has 0 aromatic heterocycles. The molecule has 0 aromatic carbocycles. The van der Waals surface area contributed by atoms with Crippen LogP contribution in [0.1, 0.15) is 126 Å². The van der Waals surface area contributed by atoms with Crippen LogP contribution < -0.4 is 0 Å². The summed E-state index contributed by atoms with van der Waals surface area (Å²) in [4.78, 5) is 0. The van der Waals surface area contributed by atoms with Crippen molar-refractivity contribution in [1.29, 1.82) is 0 Å².